The summed E-state index contributed by atoms with van der Waals surface area (Å²) >= 11 is 3.26. The van der Waals surface area contributed by atoms with Crippen molar-refractivity contribution in [3.05, 3.63) is 28.2 Å². The van der Waals surface area contributed by atoms with Gasteiger partial charge in [0.15, 0.2) is 0 Å². The number of hydrogen-bond donors (Lipinski definition) is 4. The highest BCUT2D eigenvalue weighted by Gasteiger charge is 2.09. The molecule has 1 aromatic rings. The number of rotatable bonds is 4. The molecule has 0 aliphatic carbocycles. The second-order valence-electron chi connectivity index (χ2n) is 3.29. The molecule has 0 spiro atoms. The molecule has 0 heterocycles. The highest BCUT2D eigenvalue weighted by Crippen LogP contribution is 2.19. The van der Waals surface area contributed by atoms with Crippen LogP contribution in [0.25, 0.3) is 0 Å². The molecular formula is C10H13BrN4O2. The second kappa shape index (κ2) is 6.09. The van der Waals surface area contributed by atoms with Gasteiger partial charge < -0.3 is 22.1 Å². The van der Waals surface area contributed by atoms with Gasteiger partial charge in [-0.3, -0.25) is 4.79 Å². The molecule has 6 N–H and O–H groups in total. The van der Waals surface area contributed by atoms with Gasteiger partial charge in [-0.15, -0.1) is 0 Å². The third-order valence-electron chi connectivity index (χ3n) is 1.94. The predicted octanol–water partition coefficient (Wildman–Crippen LogP) is 0.429. The summed E-state index contributed by atoms with van der Waals surface area (Å²) in [4.78, 5) is 22.1. The van der Waals surface area contributed by atoms with E-state index < -0.39 is 6.03 Å². The molecule has 92 valence electrons. The molecule has 17 heavy (non-hydrogen) atoms. The summed E-state index contributed by atoms with van der Waals surface area (Å²) < 4.78 is 0.659. The van der Waals surface area contributed by atoms with Crippen molar-refractivity contribution < 1.29 is 9.59 Å². The summed E-state index contributed by atoms with van der Waals surface area (Å²) in [5.41, 5.74) is 11.4. The Kier molecular flexibility index (Phi) is 4.77. The van der Waals surface area contributed by atoms with Crippen LogP contribution in [0.3, 0.4) is 0 Å². The minimum atomic E-state index is -0.621. The molecule has 0 atom stereocenters. The topological polar surface area (TPSA) is 110 Å². The van der Waals surface area contributed by atoms with Gasteiger partial charge in [0, 0.05) is 23.2 Å². The largest absolute Gasteiger partial charge is 0.399 e. The van der Waals surface area contributed by atoms with Crippen molar-refractivity contribution in [1.82, 2.24) is 10.6 Å². The van der Waals surface area contributed by atoms with Crippen LogP contribution in [0.4, 0.5) is 10.5 Å². The highest BCUT2D eigenvalue weighted by atomic mass is 79.9. The van der Waals surface area contributed by atoms with E-state index in [1.807, 2.05) is 0 Å². The average molecular weight is 301 g/mol. The van der Waals surface area contributed by atoms with Gasteiger partial charge in [-0.05, 0) is 34.1 Å². The molecular weight excluding hydrogens is 288 g/mol. The molecule has 0 radical (unpaired) electrons. The van der Waals surface area contributed by atoms with Crippen LogP contribution in [-0.2, 0) is 0 Å². The standard InChI is InChI=1S/C10H13BrN4O2/c11-8-2-1-6(12)5-7(8)9(16)14-3-4-15-10(13)17/h1-2,5H,3-4,12H2,(H,14,16)(H3,13,15,17). The van der Waals surface area contributed by atoms with Gasteiger partial charge in [0.2, 0.25) is 0 Å². The second-order valence-corrected chi connectivity index (χ2v) is 4.14. The van der Waals surface area contributed by atoms with Crippen LogP contribution < -0.4 is 22.1 Å². The van der Waals surface area contributed by atoms with Crippen molar-refractivity contribution in [3.8, 4) is 0 Å². The lowest BCUT2D eigenvalue weighted by Gasteiger charge is -2.07. The first-order valence-electron chi connectivity index (χ1n) is 4.87. The molecule has 0 saturated heterocycles. The van der Waals surface area contributed by atoms with Crippen molar-refractivity contribution in [1.29, 1.82) is 0 Å². The quantitative estimate of drug-likeness (QED) is 0.478. The first-order valence-corrected chi connectivity index (χ1v) is 5.66. The van der Waals surface area contributed by atoms with Gasteiger partial charge >= 0.3 is 6.03 Å². The van der Waals surface area contributed by atoms with E-state index in [0.29, 0.717) is 22.3 Å². The van der Waals surface area contributed by atoms with Gasteiger partial charge in [-0.2, -0.15) is 0 Å². The van der Waals surface area contributed by atoms with Gasteiger partial charge in [-0.1, -0.05) is 0 Å². The van der Waals surface area contributed by atoms with Crippen LogP contribution in [0, 0.1) is 0 Å². The van der Waals surface area contributed by atoms with Crippen LogP contribution in [0.1, 0.15) is 10.4 Å². The van der Waals surface area contributed by atoms with E-state index in [1.54, 1.807) is 18.2 Å². The van der Waals surface area contributed by atoms with E-state index in [9.17, 15) is 9.59 Å². The number of anilines is 1. The molecule has 0 aromatic heterocycles. The molecule has 0 bridgehead atoms. The molecule has 1 aromatic carbocycles. The first kappa shape index (κ1) is 13.3. The summed E-state index contributed by atoms with van der Waals surface area (Å²) in [6.07, 6.45) is 0. The Balaban J connectivity index is 2.52. The number of primary amides is 1. The van der Waals surface area contributed by atoms with E-state index in [-0.39, 0.29) is 12.5 Å². The number of urea groups is 1. The van der Waals surface area contributed by atoms with Crippen LogP contribution in [0.2, 0.25) is 0 Å². The number of hydrogen-bond acceptors (Lipinski definition) is 3. The fourth-order valence-electron chi connectivity index (χ4n) is 1.17. The Morgan fingerprint density at radius 1 is 1.24 bits per heavy atom. The van der Waals surface area contributed by atoms with E-state index >= 15 is 0 Å². The Labute approximate surface area is 107 Å². The molecule has 1 rings (SSSR count). The summed E-state index contributed by atoms with van der Waals surface area (Å²) in [7, 11) is 0. The molecule has 0 aliphatic heterocycles. The Morgan fingerprint density at radius 2 is 1.88 bits per heavy atom. The monoisotopic (exact) mass is 300 g/mol. The Hall–Kier alpha value is -1.76. The zero-order valence-corrected chi connectivity index (χ0v) is 10.6. The lowest BCUT2D eigenvalue weighted by Crippen LogP contribution is -2.37. The van der Waals surface area contributed by atoms with Gasteiger partial charge in [0.05, 0.1) is 5.56 Å². The molecule has 0 saturated carbocycles. The number of carbonyl (C=O) groups excluding carboxylic acids is 2. The lowest BCUT2D eigenvalue weighted by atomic mass is 10.2. The number of nitrogens with two attached hydrogens (primary N) is 2. The molecule has 0 aliphatic rings. The fourth-order valence-corrected chi connectivity index (χ4v) is 1.60. The third-order valence-corrected chi connectivity index (χ3v) is 2.64. The SMILES string of the molecule is NC(=O)NCCNC(=O)c1cc(N)ccc1Br. The summed E-state index contributed by atoms with van der Waals surface area (Å²) in [6, 6.07) is 4.34. The number of halogens is 1. The summed E-state index contributed by atoms with van der Waals surface area (Å²) in [6.45, 7) is 0.573. The third kappa shape index (κ3) is 4.31. The van der Waals surface area contributed by atoms with Crippen molar-refractivity contribution in [2.45, 2.75) is 0 Å². The molecule has 3 amide bonds. The lowest BCUT2D eigenvalue weighted by molar-refractivity contribution is 0.0953. The molecule has 0 unspecified atom stereocenters. The van der Waals surface area contributed by atoms with Crippen LogP contribution in [-0.4, -0.2) is 25.0 Å². The minimum absolute atomic E-state index is 0.268. The van der Waals surface area contributed by atoms with Crippen molar-refractivity contribution in [2.24, 2.45) is 5.73 Å². The zero-order chi connectivity index (χ0) is 12.8. The number of benzene rings is 1. The van der Waals surface area contributed by atoms with Crippen LogP contribution in [0.15, 0.2) is 22.7 Å². The van der Waals surface area contributed by atoms with Crippen molar-refractivity contribution >= 4 is 33.6 Å². The highest BCUT2D eigenvalue weighted by molar-refractivity contribution is 9.10. The smallest absolute Gasteiger partial charge is 0.312 e. The first-order chi connectivity index (χ1) is 8.00. The number of nitrogens with one attached hydrogen (secondary N) is 2. The predicted molar refractivity (Wildman–Crippen MR) is 68.5 cm³/mol. The van der Waals surface area contributed by atoms with E-state index in [0.717, 1.165) is 0 Å². The maximum atomic E-state index is 11.7. The van der Waals surface area contributed by atoms with E-state index in [2.05, 4.69) is 26.6 Å². The molecule has 0 fully saturated rings. The Bertz CT molecular complexity index is 436. The number of nitrogen functional groups attached to an aromatic ring is 1. The zero-order valence-electron chi connectivity index (χ0n) is 9.00. The van der Waals surface area contributed by atoms with Crippen LogP contribution >= 0.6 is 15.9 Å². The minimum Gasteiger partial charge on any atom is -0.399 e. The molecule has 7 heteroatoms. The van der Waals surface area contributed by atoms with Gasteiger partial charge in [0.25, 0.3) is 5.91 Å². The molecule has 6 nitrogen and oxygen atoms in total. The number of carbonyl (C=O) groups is 2. The van der Waals surface area contributed by atoms with E-state index in [1.165, 1.54) is 0 Å². The number of amides is 3. The normalized spacial score (nSPS) is 9.71. The van der Waals surface area contributed by atoms with Crippen molar-refractivity contribution in [3.63, 3.8) is 0 Å². The summed E-state index contributed by atoms with van der Waals surface area (Å²) in [5, 5.41) is 4.99. The maximum absolute atomic E-state index is 11.7. The average Bonchev–Trinajstić information content (AvgIpc) is 2.27. The fraction of sp³-hybridized carbons (Fsp3) is 0.200. The van der Waals surface area contributed by atoms with E-state index in [4.69, 9.17) is 11.5 Å². The van der Waals surface area contributed by atoms with Gasteiger partial charge in [0.1, 0.15) is 0 Å². The maximum Gasteiger partial charge on any atom is 0.312 e. The van der Waals surface area contributed by atoms with Crippen molar-refractivity contribution in [2.75, 3.05) is 18.8 Å². The Morgan fingerprint density at radius 3 is 2.53 bits per heavy atom. The van der Waals surface area contributed by atoms with Gasteiger partial charge in [-0.25, -0.2) is 4.79 Å². The summed E-state index contributed by atoms with van der Waals surface area (Å²) in [5.74, 6) is -0.268. The van der Waals surface area contributed by atoms with Crippen LogP contribution in [0.5, 0.6) is 0 Å².